The van der Waals surface area contributed by atoms with E-state index in [1.54, 1.807) is 18.2 Å². The van der Waals surface area contributed by atoms with Gasteiger partial charge in [-0.1, -0.05) is 35.9 Å². The number of phenols is 1. The number of imidazole rings is 1. The van der Waals surface area contributed by atoms with Crippen molar-refractivity contribution in [2.24, 2.45) is 0 Å². The summed E-state index contributed by atoms with van der Waals surface area (Å²) in [5.41, 5.74) is 4.63. The van der Waals surface area contributed by atoms with Gasteiger partial charge in [0.2, 0.25) is 0 Å². The molecule has 0 bridgehead atoms. The molecule has 4 N–H and O–H groups in total. The number of rotatable bonds is 11. The molecule has 12 nitrogen and oxygen atoms in total. The van der Waals surface area contributed by atoms with Crippen LogP contribution in [0.5, 0.6) is 11.8 Å². The molecular weight excluding hydrogens is 606 g/mol. The number of aliphatic hydroxyl groups is 1. The third kappa shape index (κ3) is 6.90. The summed E-state index contributed by atoms with van der Waals surface area (Å²) in [6.45, 7) is 2.75. The van der Waals surface area contributed by atoms with Crippen LogP contribution >= 0.6 is 11.6 Å². The van der Waals surface area contributed by atoms with Gasteiger partial charge in [0.15, 0.2) is 6.10 Å². The SMILES string of the molecule is CC(=O)OCCOCCNC(=O)c1ccc(-c2ccc(-c3cc4nc(O[C@@H]5CO[C@H]6[C@@H]5OC[C@H]6O)[nH]c4cc3Cl)cc2)c(O)c1. The summed E-state index contributed by atoms with van der Waals surface area (Å²) < 4.78 is 27.4. The highest BCUT2D eigenvalue weighted by Gasteiger charge is 2.48. The van der Waals surface area contributed by atoms with E-state index >= 15 is 0 Å². The number of phenolic OH excluding ortho intramolecular Hbond substituents is 1. The lowest BCUT2D eigenvalue weighted by molar-refractivity contribution is -0.142. The summed E-state index contributed by atoms with van der Waals surface area (Å²) in [7, 11) is 0. The average molecular weight is 638 g/mol. The number of aromatic amines is 1. The van der Waals surface area contributed by atoms with E-state index in [4.69, 9.17) is 35.3 Å². The van der Waals surface area contributed by atoms with Gasteiger partial charge in [-0.25, -0.2) is 0 Å². The first-order valence-corrected chi connectivity index (χ1v) is 14.8. The molecule has 6 rings (SSSR count). The Morgan fingerprint density at radius 3 is 2.51 bits per heavy atom. The molecule has 0 radical (unpaired) electrons. The molecular formula is C32H32ClN3O9. The molecule has 2 aliphatic heterocycles. The van der Waals surface area contributed by atoms with Crippen molar-refractivity contribution in [1.82, 2.24) is 15.3 Å². The molecule has 0 saturated carbocycles. The molecule has 4 atom stereocenters. The van der Waals surface area contributed by atoms with Crippen molar-refractivity contribution in [1.29, 1.82) is 0 Å². The van der Waals surface area contributed by atoms with E-state index in [1.807, 2.05) is 30.3 Å². The highest BCUT2D eigenvalue weighted by Crippen LogP contribution is 2.36. The molecule has 13 heteroatoms. The molecule has 45 heavy (non-hydrogen) atoms. The summed E-state index contributed by atoms with van der Waals surface area (Å²) >= 11 is 6.65. The molecule has 3 heterocycles. The second-order valence-corrected chi connectivity index (χ2v) is 11.1. The van der Waals surface area contributed by atoms with Gasteiger partial charge in [-0.3, -0.25) is 9.59 Å². The minimum Gasteiger partial charge on any atom is -0.507 e. The highest BCUT2D eigenvalue weighted by atomic mass is 35.5. The summed E-state index contributed by atoms with van der Waals surface area (Å²) in [4.78, 5) is 31.0. The summed E-state index contributed by atoms with van der Waals surface area (Å²) in [6.07, 6.45) is -1.80. The van der Waals surface area contributed by atoms with Gasteiger partial charge in [0.05, 0.1) is 42.5 Å². The number of nitrogens with zero attached hydrogens (tertiary/aromatic N) is 1. The Morgan fingerprint density at radius 1 is 1.00 bits per heavy atom. The first-order valence-electron chi connectivity index (χ1n) is 14.5. The fourth-order valence-electron chi connectivity index (χ4n) is 5.40. The van der Waals surface area contributed by atoms with Crippen LogP contribution in [-0.2, 0) is 23.7 Å². The van der Waals surface area contributed by atoms with E-state index < -0.39 is 12.2 Å². The van der Waals surface area contributed by atoms with Crippen LogP contribution in [0.2, 0.25) is 5.02 Å². The number of halogens is 1. The minimum absolute atomic E-state index is 0.0342. The number of hydrogen-bond donors (Lipinski definition) is 4. The van der Waals surface area contributed by atoms with Gasteiger partial charge in [-0.05, 0) is 41.5 Å². The zero-order chi connectivity index (χ0) is 31.5. The quantitative estimate of drug-likeness (QED) is 0.142. The number of ether oxygens (including phenoxy) is 5. The number of hydrogen-bond acceptors (Lipinski definition) is 10. The molecule has 1 amide bonds. The Kier molecular flexibility index (Phi) is 9.19. The summed E-state index contributed by atoms with van der Waals surface area (Å²) in [5.74, 6) is -0.757. The second kappa shape index (κ2) is 13.4. The van der Waals surface area contributed by atoms with Crippen molar-refractivity contribution >= 4 is 34.5 Å². The normalized spacial score (nSPS) is 20.7. The third-order valence-corrected chi connectivity index (χ3v) is 7.94. The Hall–Kier alpha value is -4.20. The number of aromatic nitrogens is 2. The fourth-order valence-corrected chi connectivity index (χ4v) is 5.68. The number of amides is 1. The van der Waals surface area contributed by atoms with Gasteiger partial charge < -0.3 is 44.2 Å². The van der Waals surface area contributed by atoms with Crippen LogP contribution in [0.15, 0.2) is 54.6 Å². The van der Waals surface area contributed by atoms with Crippen LogP contribution in [0.3, 0.4) is 0 Å². The Balaban J connectivity index is 1.08. The van der Waals surface area contributed by atoms with Crippen LogP contribution < -0.4 is 10.1 Å². The molecule has 1 aromatic heterocycles. The van der Waals surface area contributed by atoms with Crippen LogP contribution in [-0.4, -0.2) is 96.1 Å². The number of aromatic hydroxyl groups is 1. The molecule has 0 unspecified atom stereocenters. The molecule has 4 aromatic rings. The van der Waals surface area contributed by atoms with Gasteiger partial charge in [0.1, 0.15) is 30.7 Å². The summed E-state index contributed by atoms with van der Waals surface area (Å²) in [6, 6.07) is 16.2. The first-order chi connectivity index (χ1) is 21.8. The topological polar surface area (TPSA) is 161 Å². The predicted molar refractivity (Wildman–Crippen MR) is 163 cm³/mol. The van der Waals surface area contributed by atoms with E-state index in [2.05, 4.69) is 15.3 Å². The summed E-state index contributed by atoms with van der Waals surface area (Å²) in [5, 5.41) is 23.9. The lowest BCUT2D eigenvalue weighted by Crippen LogP contribution is -2.34. The van der Waals surface area contributed by atoms with Crippen LogP contribution in [0, 0.1) is 0 Å². The number of carbonyl (C=O) groups is 2. The lowest BCUT2D eigenvalue weighted by atomic mass is 9.98. The predicted octanol–water partition coefficient (Wildman–Crippen LogP) is 3.47. The van der Waals surface area contributed by atoms with Gasteiger partial charge in [-0.15, -0.1) is 0 Å². The number of carbonyl (C=O) groups excluding carboxylic acids is 2. The van der Waals surface area contributed by atoms with Crippen LogP contribution in [0.1, 0.15) is 17.3 Å². The van der Waals surface area contributed by atoms with Crippen molar-refractivity contribution < 1.29 is 43.5 Å². The van der Waals surface area contributed by atoms with Gasteiger partial charge >= 0.3 is 5.97 Å². The number of aliphatic hydroxyl groups excluding tert-OH is 1. The monoisotopic (exact) mass is 637 g/mol. The number of fused-ring (bicyclic) bond motifs is 2. The van der Waals surface area contributed by atoms with Crippen molar-refractivity contribution in [3.63, 3.8) is 0 Å². The van der Waals surface area contributed by atoms with Gasteiger partial charge in [0.25, 0.3) is 11.9 Å². The Morgan fingerprint density at radius 2 is 1.76 bits per heavy atom. The fraction of sp³-hybridized carbons (Fsp3) is 0.344. The van der Waals surface area contributed by atoms with E-state index in [0.717, 1.165) is 16.7 Å². The minimum atomic E-state index is -0.661. The van der Waals surface area contributed by atoms with Gasteiger partial charge in [0, 0.05) is 30.2 Å². The zero-order valence-corrected chi connectivity index (χ0v) is 25.1. The lowest BCUT2D eigenvalue weighted by Gasteiger charge is -2.15. The van der Waals surface area contributed by atoms with E-state index in [0.29, 0.717) is 39.8 Å². The van der Waals surface area contributed by atoms with E-state index in [-0.39, 0.29) is 62.8 Å². The van der Waals surface area contributed by atoms with E-state index in [1.165, 1.54) is 13.0 Å². The van der Waals surface area contributed by atoms with Crippen molar-refractivity contribution in [3.05, 3.63) is 65.2 Å². The largest absolute Gasteiger partial charge is 0.507 e. The first kappa shape index (κ1) is 30.8. The number of esters is 1. The molecule has 236 valence electrons. The maximum Gasteiger partial charge on any atom is 0.302 e. The van der Waals surface area contributed by atoms with Crippen molar-refractivity contribution in [2.45, 2.75) is 31.3 Å². The number of nitrogens with one attached hydrogen (secondary N) is 2. The van der Waals surface area contributed by atoms with E-state index in [9.17, 15) is 19.8 Å². The molecule has 2 saturated heterocycles. The van der Waals surface area contributed by atoms with Crippen LogP contribution in [0.25, 0.3) is 33.3 Å². The molecule has 0 aliphatic carbocycles. The maximum atomic E-state index is 12.5. The van der Waals surface area contributed by atoms with Crippen molar-refractivity contribution in [2.75, 3.05) is 39.6 Å². The molecule has 2 fully saturated rings. The number of benzene rings is 3. The Bertz CT molecular complexity index is 1690. The molecule has 0 spiro atoms. The maximum absolute atomic E-state index is 12.5. The number of H-pyrrole nitrogens is 1. The zero-order valence-electron chi connectivity index (χ0n) is 24.3. The standard InChI is InChI=1S/C32H32ClN3O9/c1-17(37)42-11-10-41-9-8-34-31(40)20-6-7-21(26(38)12-20)18-2-4-19(5-3-18)22-13-24-25(14-23(22)33)36-32(35-24)45-28-16-44-29-27(39)15-43-30(28)29/h2-7,12-14,27-30,38-39H,8-11,15-16H2,1H3,(H,34,40)(H,35,36)/t27-,28-,29-,30-/m1/s1. The highest BCUT2D eigenvalue weighted by molar-refractivity contribution is 6.34. The van der Waals surface area contributed by atoms with Crippen LogP contribution in [0.4, 0.5) is 0 Å². The van der Waals surface area contributed by atoms with Gasteiger partial charge in [-0.2, -0.15) is 4.98 Å². The third-order valence-electron chi connectivity index (χ3n) is 7.63. The average Bonchev–Trinajstić information content (AvgIpc) is 3.72. The Labute approximate surface area is 263 Å². The smallest absolute Gasteiger partial charge is 0.302 e. The second-order valence-electron chi connectivity index (χ2n) is 10.7. The van der Waals surface area contributed by atoms with Crippen molar-refractivity contribution in [3.8, 4) is 34.0 Å². The molecule has 2 aliphatic rings. The molecule has 3 aromatic carbocycles.